The fraction of sp³-hybridized carbons (Fsp3) is 0.625. The molecule has 44 heavy (non-hydrogen) atoms. The summed E-state index contributed by atoms with van der Waals surface area (Å²) in [6.07, 6.45) is 2.07. The topological polar surface area (TPSA) is 163 Å². The van der Waals surface area contributed by atoms with Crippen molar-refractivity contribution in [3.63, 3.8) is 0 Å². The molecule has 3 rings (SSSR count). The van der Waals surface area contributed by atoms with Crippen molar-refractivity contribution in [3.8, 4) is 5.75 Å². The van der Waals surface area contributed by atoms with Crippen LogP contribution >= 0.6 is 0 Å². The maximum absolute atomic E-state index is 13.6. The number of esters is 4. The van der Waals surface area contributed by atoms with Crippen LogP contribution in [-0.4, -0.2) is 60.5 Å². The number of amides is 2. The first kappa shape index (κ1) is 34.5. The molecule has 1 saturated carbocycles. The summed E-state index contributed by atoms with van der Waals surface area (Å²) in [5.74, 6) is -4.83. The number of cyclic esters (lactones) is 2. The first-order chi connectivity index (χ1) is 21.0. The van der Waals surface area contributed by atoms with Gasteiger partial charge in [0.1, 0.15) is 12.2 Å². The molecular weight excluding hydrogens is 572 g/mol. The van der Waals surface area contributed by atoms with Crippen LogP contribution in [0.3, 0.4) is 0 Å². The Balaban J connectivity index is 1.90. The zero-order valence-corrected chi connectivity index (χ0v) is 26.1. The predicted molar refractivity (Wildman–Crippen MR) is 158 cm³/mol. The molecule has 12 heteroatoms. The molecule has 242 valence electrons. The van der Waals surface area contributed by atoms with Gasteiger partial charge in [-0.3, -0.25) is 24.0 Å². The molecule has 0 spiro atoms. The largest absolute Gasteiger partial charge is 0.460 e. The quantitative estimate of drug-likeness (QED) is 0.151. The molecule has 0 aromatic heterocycles. The Kier molecular flexibility index (Phi) is 12.7. The number of rotatable bonds is 12. The van der Waals surface area contributed by atoms with E-state index >= 15 is 0 Å². The van der Waals surface area contributed by atoms with E-state index in [0.717, 1.165) is 19.3 Å². The van der Waals surface area contributed by atoms with Crippen molar-refractivity contribution in [2.75, 3.05) is 5.32 Å². The third-order valence-corrected chi connectivity index (χ3v) is 7.85. The van der Waals surface area contributed by atoms with Gasteiger partial charge < -0.3 is 29.6 Å². The van der Waals surface area contributed by atoms with Crippen molar-refractivity contribution < 1.29 is 47.7 Å². The Morgan fingerprint density at radius 2 is 1.73 bits per heavy atom. The minimum atomic E-state index is -1.45. The summed E-state index contributed by atoms with van der Waals surface area (Å²) >= 11 is 0. The highest BCUT2D eigenvalue weighted by Crippen LogP contribution is 2.33. The Morgan fingerprint density at radius 1 is 1.05 bits per heavy atom. The highest BCUT2D eigenvalue weighted by Gasteiger charge is 2.44. The third kappa shape index (κ3) is 9.03. The first-order valence-electron chi connectivity index (χ1n) is 15.4. The number of ether oxygens (including phenoxy) is 4. The maximum atomic E-state index is 13.6. The number of carbonyl (C=O) groups excluding carboxylic acids is 6. The highest BCUT2D eigenvalue weighted by molar-refractivity contribution is 6.02. The van der Waals surface area contributed by atoms with Crippen molar-refractivity contribution in [3.05, 3.63) is 23.8 Å². The molecule has 1 heterocycles. The normalized spacial score (nSPS) is 24.3. The second-order valence-electron chi connectivity index (χ2n) is 11.9. The number of anilines is 1. The van der Waals surface area contributed by atoms with E-state index in [1.807, 2.05) is 20.8 Å². The summed E-state index contributed by atoms with van der Waals surface area (Å²) in [6.45, 7) is 8.65. The van der Waals surface area contributed by atoms with Crippen LogP contribution in [0, 0.1) is 17.8 Å². The molecule has 2 amide bonds. The van der Waals surface area contributed by atoms with Crippen LogP contribution in [0.5, 0.6) is 5.75 Å². The van der Waals surface area contributed by atoms with Gasteiger partial charge in [-0.2, -0.15) is 0 Å². The smallest absolute Gasteiger partial charge is 0.332 e. The number of para-hydroxylation sites is 1. The van der Waals surface area contributed by atoms with E-state index in [4.69, 9.17) is 18.9 Å². The number of hydrogen-bond acceptors (Lipinski definition) is 10. The Labute approximate surface area is 257 Å². The van der Waals surface area contributed by atoms with Crippen molar-refractivity contribution >= 4 is 41.9 Å². The second kappa shape index (κ2) is 16.2. The van der Waals surface area contributed by atoms with Gasteiger partial charge in [-0.15, -0.1) is 0 Å². The van der Waals surface area contributed by atoms with E-state index in [2.05, 4.69) is 10.6 Å². The van der Waals surface area contributed by atoms with Gasteiger partial charge in [0, 0.05) is 6.42 Å². The molecule has 1 aliphatic heterocycles. The lowest BCUT2D eigenvalue weighted by atomic mass is 9.92. The minimum Gasteiger partial charge on any atom is -0.460 e. The molecule has 0 radical (unpaired) electrons. The maximum Gasteiger partial charge on any atom is 0.332 e. The average Bonchev–Trinajstić information content (AvgIpc) is 3.51. The predicted octanol–water partition coefficient (Wildman–Crippen LogP) is 4.09. The monoisotopic (exact) mass is 616 g/mol. The number of unbranched alkanes of at least 4 members (excludes halogenated alkanes) is 1. The summed E-state index contributed by atoms with van der Waals surface area (Å²) in [4.78, 5) is 77.2. The molecule has 1 aromatic carbocycles. The SMILES string of the molecule is CCCCC1C(=O)OC(C)C(NC(=O)c2cccc(NC=O)c2OC(=O)C2CCCC2)C(=O)OC(C)C1OC(=O)CC(C)C. The van der Waals surface area contributed by atoms with Crippen LogP contribution in [0.15, 0.2) is 18.2 Å². The van der Waals surface area contributed by atoms with Gasteiger partial charge in [0.2, 0.25) is 6.41 Å². The van der Waals surface area contributed by atoms with E-state index in [0.29, 0.717) is 32.1 Å². The van der Waals surface area contributed by atoms with Gasteiger partial charge in [0.15, 0.2) is 17.9 Å². The molecule has 2 N–H and O–H groups in total. The summed E-state index contributed by atoms with van der Waals surface area (Å²) < 4.78 is 22.7. The molecule has 5 atom stereocenters. The highest BCUT2D eigenvalue weighted by atomic mass is 16.6. The summed E-state index contributed by atoms with van der Waals surface area (Å²) in [7, 11) is 0. The van der Waals surface area contributed by atoms with Crippen molar-refractivity contribution in [2.45, 2.75) is 110 Å². The van der Waals surface area contributed by atoms with Crippen molar-refractivity contribution in [1.82, 2.24) is 5.32 Å². The molecule has 0 bridgehead atoms. The van der Waals surface area contributed by atoms with Gasteiger partial charge in [0.05, 0.1) is 23.1 Å². The molecule has 5 unspecified atom stereocenters. The zero-order valence-electron chi connectivity index (χ0n) is 26.1. The lowest BCUT2D eigenvalue weighted by Gasteiger charge is -2.29. The third-order valence-electron chi connectivity index (χ3n) is 7.85. The fourth-order valence-corrected chi connectivity index (χ4v) is 5.48. The number of carbonyl (C=O) groups is 6. The number of hydrogen-bond donors (Lipinski definition) is 2. The minimum absolute atomic E-state index is 0.0138. The second-order valence-corrected chi connectivity index (χ2v) is 11.9. The van der Waals surface area contributed by atoms with E-state index in [1.54, 1.807) is 0 Å². The van der Waals surface area contributed by atoms with Crippen LogP contribution in [0.25, 0.3) is 0 Å². The van der Waals surface area contributed by atoms with E-state index < -0.39 is 60.1 Å². The molecule has 1 aromatic rings. The van der Waals surface area contributed by atoms with Gasteiger partial charge in [0.25, 0.3) is 5.91 Å². The van der Waals surface area contributed by atoms with Crippen molar-refractivity contribution in [1.29, 1.82) is 0 Å². The fourth-order valence-electron chi connectivity index (χ4n) is 5.48. The Bertz CT molecular complexity index is 1210. The van der Waals surface area contributed by atoms with Crippen LogP contribution < -0.4 is 15.4 Å². The molecule has 1 saturated heterocycles. The standard InChI is InChI=1S/C32H44N2O10/c1-6-7-13-23-27(43-25(36)16-18(2)3)20(5)42-32(40)26(19(4)41-31(23)39)34-29(37)22-14-10-15-24(33-17-35)28(22)44-30(38)21-11-8-9-12-21/h10,14-15,17-21,23,26-27H,6-9,11-13,16H2,1-5H3,(H,33,35)(H,34,37). The lowest BCUT2D eigenvalue weighted by Crippen LogP contribution is -2.50. The van der Waals surface area contributed by atoms with Crippen LogP contribution in [0.4, 0.5) is 5.69 Å². The van der Waals surface area contributed by atoms with Gasteiger partial charge >= 0.3 is 23.9 Å². The van der Waals surface area contributed by atoms with E-state index in [-0.39, 0.29) is 35.3 Å². The van der Waals surface area contributed by atoms with E-state index in [9.17, 15) is 28.8 Å². The Morgan fingerprint density at radius 3 is 2.36 bits per heavy atom. The lowest BCUT2D eigenvalue weighted by molar-refractivity contribution is -0.175. The summed E-state index contributed by atoms with van der Waals surface area (Å²) in [5, 5.41) is 5.00. The average molecular weight is 617 g/mol. The van der Waals surface area contributed by atoms with Crippen LogP contribution in [0.1, 0.15) is 96.3 Å². The van der Waals surface area contributed by atoms with Crippen molar-refractivity contribution in [2.24, 2.45) is 17.8 Å². The first-order valence-corrected chi connectivity index (χ1v) is 15.4. The molecule has 12 nitrogen and oxygen atoms in total. The number of nitrogens with one attached hydrogen (secondary N) is 2. The summed E-state index contributed by atoms with van der Waals surface area (Å²) in [5.41, 5.74) is -0.0299. The van der Waals surface area contributed by atoms with Crippen LogP contribution in [-0.2, 0) is 38.2 Å². The number of benzene rings is 1. The molecule has 1 aliphatic carbocycles. The zero-order chi connectivity index (χ0) is 32.4. The Hall–Kier alpha value is -3.96. The molecule has 2 aliphatic rings. The van der Waals surface area contributed by atoms with Gasteiger partial charge in [-0.1, -0.05) is 52.5 Å². The summed E-state index contributed by atoms with van der Waals surface area (Å²) in [6, 6.07) is 2.88. The van der Waals surface area contributed by atoms with E-state index in [1.165, 1.54) is 32.0 Å². The van der Waals surface area contributed by atoms with Gasteiger partial charge in [-0.25, -0.2) is 4.79 Å². The molecule has 2 fully saturated rings. The van der Waals surface area contributed by atoms with Gasteiger partial charge in [-0.05, 0) is 51.2 Å². The molecular formula is C32H44N2O10. The van der Waals surface area contributed by atoms with Crippen LogP contribution in [0.2, 0.25) is 0 Å².